The Labute approximate surface area is 150 Å². The van der Waals surface area contributed by atoms with E-state index in [4.69, 9.17) is 11.6 Å². The number of carbonyl (C=O) groups excluding carboxylic acids is 1. The van der Waals surface area contributed by atoms with Crippen LogP contribution in [-0.2, 0) is 14.8 Å². The summed E-state index contributed by atoms with van der Waals surface area (Å²) in [6.45, 7) is 5.48. The van der Waals surface area contributed by atoms with E-state index in [2.05, 4.69) is 15.0 Å². The third-order valence-electron chi connectivity index (χ3n) is 3.19. The predicted molar refractivity (Wildman–Crippen MR) is 96.1 cm³/mol. The van der Waals surface area contributed by atoms with Crippen molar-refractivity contribution in [2.24, 2.45) is 0 Å². The summed E-state index contributed by atoms with van der Waals surface area (Å²) in [7, 11) is -3.81. The molecule has 24 heavy (non-hydrogen) atoms. The third kappa shape index (κ3) is 4.76. The summed E-state index contributed by atoms with van der Waals surface area (Å²) in [4.78, 5) is 16.5. The lowest BCUT2D eigenvalue weighted by Gasteiger charge is -2.13. The van der Waals surface area contributed by atoms with Gasteiger partial charge in [0, 0.05) is 10.4 Å². The quantitative estimate of drug-likeness (QED) is 0.796. The number of nitrogens with one attached hydrogen (secondary N) is 2. The van der Waals surface area contributed by atoms with Gasteiger partial charge in [0.05, 0.1) is 16.6 Å². The normalized spacial score (nSPS) is 13.0. The molecule has 1 aromatic heterocycles. The minimum absolute atomic E-state index is 0.0443. The van der Waals surface area contributed by atoms with Crippen molar-refractivity contribution in [3.63, 3.8) is 0 Å². The van der Waals surface area contributed by atoms with Crippen LogP contribution >= 0.6 is 22.9 Å². The zero-order valence-corrected chi connectivity index (χ0v) is 15.8. The maximum absolute atomic E-state index is 12.3. The maximum Gasteiger partial charge on any atom is 0.244 e. The first kappa shape index (κ1) is 18.9. The molecule has 0 radical (unpaired) electrons. The average molecular weight is 388 g/mol. The molecule has 2 rings (SSSR count). The number of thiazole rings is 1. The molecule has 9 heteroatoms. The summed E-state index contributed by atoms with van der Waals surface area (Å²) in [6, 6.07) is 4.76. The first-order valence-corrected chi connectivity index (χ1v) is 9.97. The highest BCUT2D eigenvalue weighted by Gasteiger charge is 2.22. The van der Waals surface area contributed by atoms with E-state index in [9.17, 15) is 13.2 Å². The smallest absolute Gasteiger partial charge is 0.244 e. The summed E-state index contributed by atoms with van der Waals surface area (Å²) in [6.07, 6.45) is 0. The molecule has 0 aliphatic carbocycles. The molecule has 1 aromatic carbocycles. The number of anilines is 1. The van der Waals surface area contributed by atoms with Crippen LogP contribution in [0.3, 0.4) is 0 Å². The maximum atomic E-state index is 12.3. The van der Waals surface area contributed by atoms with Gasteiger partial charge in [0.25, 0.3) is 0 Å². The Morgan fingerprint density at radius 1 is 1.21 bits per heavy atom. The Kier molecular flexibility index (Phi) is 5.97. The van der Waals surface area contributed by atoms with Gasteiger partial charge in [-0.15, -0.1) is 11.3 Å². The fourth-order valence-electron chi connectivity index (χ4n) is 1.79. The molecule has 130 valence electrons. The number of sulfonamides is 1. The fourth-order valence-corrected chi connectivity index (χ4v) is 3.99. The van der Waals surface area contributed by atoms with Crippen molar-refractivity contribution in [2.45, 2.75) is 37.6 Å². The number of amides is 1. The number of aromatic nitrogens is 1. The lowest BCUT2D eigenvalue weighted by molar-refractivity contribution is -0.117. The molecule has 0 fully saturated rings. The van der Waals surface area contributed by atoms with E-state index in [1.54, 1.807) is 0 Å². The zero-order valence-electron chi connectivity index (χ0n) is 13.4. The highest BCUT2D eigenvalue weighted by Crippen LogP contribution is 2.21. The molecule has 0 bridgehead atoms. The molecular weight excluding hydrogens is 370 g/mol. The van der Waals surface area contributed by atoms with Gasteiger partial charge in [-0.25, -0.2) is 13.4 Å². The van der Waals surface area contributed by atoms with Crippen LogP contribution in [0.25, 0.3) is 0 Å². The second kappa shape index (κ2) is 7.60. The molecule has 1 atom stereocenters. The summed E-state index contributed by atoms with van der Waals surface area (Å²) < 4.78 is 26.8. The van der Waals surface area contributed by atoms with Gasteiger partial charge in [-0.3, -0.25) is 4.79 Å². The Balaban J connectivity index is 2.03. The Bertz CT molecular complexity index is 817. The Morgan fingerprint density at radius 3 is 2.38 bits per heavy atom. The minimum atomic E-state index is -3.81. The van der Waals surface area contributed by atoms with E-state index < -0.39 is 22.0 Å². The van der Waals surface area contributed by atoms with Gasteiger partial charge in [0.15, 0.2) is 5.13 Å². The predicted octanol–water partition coefficient (Wildman–Crippen LogP) is 3.23. The number of nitrogens with zero attached hydrogens (tertiary/aromatic N) is 1. The Hall–Kier alpha value is -1.48. The van der Waals surface area contributed by atoms with E-state index >= 15 is 0 Å². The first-order valence-electron chi connectivity index (χ1n) is 7.23. The number of hydrogen-bond donors (Lipinski definition) is 2. The lowest BCUT2D eigenvalue weighted by Crippen LogP contribution is -2.41. The molecule has 2 aromatic rings. The molecule has 0 aliphatic heterocycles. The van der Waals surface area contributed by atoms with Crippen LogP contribution in [0.2, 0.25) is 5.02 Å². The molecule has 6 nitrogen and oxygen atoms in total. The summed E-state index contributed by atoms with van der Waals surface area (Å²) in [5.41, 5.74) is 0.879. The van der Waals surface area contributed by atoms with Gasteiger partial charge in [0.2, 0.25) is 15.9 Å². The van der Waals surface area contributed by atoms with Crippen LogP contribution in [0.5, 0.6) is 0 Å². The molecule has 2 N–H and O–H groups in total. The van der Waals surface area contributed by atoms with Gasteiger partial charge in [-0.05, 0) is 37.1 Å². The van der Waals surface area contributed by atoms with Crippen LogP contribution in [-0.4, -0.2) is 25.4 Å². The van der Waals surface area contributed by atoms with Crippen molar-refractivity contribution in [3.05, 3.63) is 40.4 Å². The van der Waals surface area contributed by atoms with Crippen molar-refractivity contribution >= 4 is 44.0 Å². The van der Waals surface area contributed by atoms with Crippen molar-refractivity contribution < 1.29 is 13.2 Å². The highest BCUT2D eigenvalue weighted by molar-refractivity contribution is 7.89. The first-order chi connectivity index (χ1) is 11.2. The molecule has 1 unspecified atom stereocenters. The van der Waals surface area contributed by atoms with Gasteiger partial charge < -0.3 is 5.32 Å². The number of hydrogen-bond acceptors (Lipinski definition) is 5. The van der Waals surface area contributed by atoms with Crippen molar-refractivity contribution in [1.29, 1.82) is 0 Å². The molecular formula is C15H18ClN3O3S2. The standard InChI is InChI=1S/C15H18ClN3O3S2/c1-9(2)13-8-23-15(17-13)18-14(20)10(3)19-24(21,22)12-6-4-11(16)5-7-12/h4-10,19H,1-3H3,(H,17,18,20). The van der Waals surface area contributed by atoms with E-state index in [0.29, 0.717) is 10.2 Å². The minimum Gasteiger partial charge on any atom is -0.301 e. The largest absolute Gasteiger partial charge is 0.301 e. The summed E-state index contributed by atoms with van der Waals surface area (Å²) in [5.74, 6) is -0.218. The topological polar surface area (TPSA) is 88.2 Å². The number of halogens is 1. The average Bonchev–Trinajstić information content (AvgIpc) is 2.96. The molecule has 0 spiro atoms. The lowest BCUT2D eigenvalue weighted by atomic mass is 10.2. The Morgan fingerprint density at radius 2 is 1.83 bits per heavy atom. The van der Waals surface area contributed by atoms with Crippen LogP contribution in [0.1, 0.15) is 32.4 Å². The van der Waals surface area contributed by atoms with Crippen molar-refractivity contribution in [2.75, 3.05) is 5.32 Å². The summed E-state index contributed by atoms with van der Waals surface area (Å²) in [5, 5.41) is 5.36. The van der Waals surface area contributed by atoms with Gasteiger partial charge >= 0.3 is 0 Å². The van der Waals surface area contributed by atoms with Crippen LogP contribution in [0.15, 0.2) is 34.5 Å². The van der Waals surface area contributed by atoms with E-state index in [1.165, 1.54) is 42.5 Å². The molecule has 0 aliphatic rings. The molecule has 0 saturated heterocycles. The monoisotopic (exact) mass is 387 g/mol. The van der Waals surface area contributed by atoms with Crippen molar-refractivity contribution in [3.8, 4) is 0 Å². The molecule has 1 heterocycles. The fraction of sp³-hybridized carbons (Fsp3) is 0.333. The number of rotatable bonds is 6. The molecule has 0 saturated carbocycles. The van der Waals surface area contributed by atoms with E-state index in [0.717, 1.165) is 5.69 Å². The number of carbonyl (C=O) groups is 1. The highest BCUT2D eigenvalue weighted by atomic mass is 35.5. The number of benzene rings is 1. The third-order valence-corrected chi connectivity index (χ3v) is 5.78. The molecule has 1 amide bonds. The SMILES string of the molecule is CC(NS(=O)(=O)c1ccc(Cl)cc1)C(=O)Nc1nc(C(C)C)cs1. The van der Waals surface area contributed by atoms with Gasteiger partial charge in [-0.2, -0.15) is 4.72 Å². The van der Waals surface area contributed by atoms with Crippen LogP contribution in [0, 0.1) is 0 Å². The van der Waals surface area contributed by atoms with Gasteiger partial charge in [0.1, 0.15) is 0 Å². The van der Waals surface area contributed by atoms with Gasteiger partial charge in [-0.1, -0.05) is 25.4 Å². The van der Waals surface area contributed by atoms with Crippen LogP contribution < -0.4 is 10.0 Å². The van der Waals surface area contributed by atoms with E-state index in [1.807, 2.05) is 19.2 Å². The second-order valence-electron chi connectivity index (χ2n) is 5.52. The van der Waals surface area contributed by atoms with Crippen LogP contribution in [0.4, 0.5) is 5.13 Å². The summed E-state index contributed by atoms with van der Waals surface area (Å²) >= 11 is 7.05. The second-order valence-corrected chi connectivity index (χ2v) is 8.53. The zero-order chi connectivity index (χ0) is 17.9. The van der Waals surface area contributed by atoms with E-state index in [-0.39, 0.29) is 10.8 Å². The van der Waals surface area contributed by atoms with Crippen molar-refractivity contribution in [1.82, 2.24) is 9.71 Å².